The number of nitrogens with one attached hydrogen (secondary N) is 1. The summed E-state index contributed by atoms with van der Waals surface area (Å²) in [6.07, 6.45) is 2.89. The van der Waals surface area contributed by atoms with Crippen LogP contribution >= 0.6 is 0 Å². The molecule has 0 radical (unpaired) electrons. The molecule has 0 aromatic heterocycles. The fourth-order valence-electron chi connectivity index (χ4n) is 1.40. The average Bonchev–Trinajstić information content (AvgIpc) is 2.64. The molecule has 0 amide bonds. The number of nitrogens with two attached hydrogens (primary N) is 2. The Bertz CT molecular complexity index is 58.3. The Balaban J connectivity index is 0.000000112. The first-order valence-corrected chi connectivity index (χ1v) is 4.84. The van der Waals surface area contributed by atoms with Crippen molar-refractivity contribution in [3.8, 4) is 0 Å². The summed E-state index contributed by atoms with van der Waals surface area (Å²) in [5.74, 6) is 0. The van der Waals surface area contributed by atoms with Crippen molar-refractivity contribution in [1.29, 1.82) is 0 Å². The largest absolute Gasteiger partial charge is 0.346 e. The van der Waals surface area contributed by atoms with Crippen LogP contribution in [-0.4, -0.2) is 39.3 Å². The zero-order chi connectivity index (χ0) is 7.78. The maximum Gasteiger partial charge on any atom is 0.0882 e. The molecule has 11 heavy (non-hydrogen) atoms. The van der Waals surface area contributed by atoms with Crippen LogP contribution in [0.5, 0.6) is 0 Å². The minimum atomic E-state index is 1.19. The van der Waals surface area contributed by atoms with Gasteiger partial charge in [-0.2, -0.15) is 0 Å². The van der Waals surface area contributed by atoms with Crippen LogP contribution in [0.4, 0.5) is 0 Å². The number of piperazine rings is 1. The summed E-state index contributed by atoms with van der Waals surface area (Å²) in [4.78, 5) is 0. The van der Waals surface area contributed by atoms with Gasteiger partial charge in [-0.3, -0.25) is 0 Å². The van der Waals surface area contributed by atoms with E-state index in [0.29, 0.717) is 0 Å². The number of rotatable bonds is 0. The van der Waals surface area contributed by atoms with Gasteiger partial charge in [-0.15, -0.1) is 0 Å². The van der Waals surface area contributed by atoms with Crippen molar-refractivity contribution in [2.75, 3.05) is 39.3 Å². The number of hydrogen-bond donors (Lipinski definition) is 3. The normalized spacial score (nSPS) is 24.0. The Hall–Kier alpha value is -0.120. The third-order valence-electron chi connectivity index (χ3n) is 2.12. The highest BCUT2D eigenvalue weighted by molar-refractivity contribution is 4.44. The van der Waals surface area contributed by atoms with Gasteiger partial charge in [0, 0.05) is 25.9 Å². The Kier molecular flexibility index (Phi) is 5.37. The Morgan fingerprint density at radius 2 is 1.27 bits per heavy atom. The molecule has 0 bridgehead atoms. The van der Waals surface area contributed by atoms with Gasteiger partial charge >= 0.3 is 0 Å². The van der Waals surface area contributed by atoms with Gasteiger partial charge in [0.1, 0.15) is 0 Å². The monoisotopic (exact) mass is 159 g/mol. The molecule has 0 saturated carbocycles. The van der Waals surface area contributed by atoms with E-state index in [1.54, 1.807) is 0 Å². The van der Waals surface area contributed by atoms with Crippen LogP contribution in [0.2, 0.25) is 0 Å². The molecule has 2 aliphatic heterocycles. The van der Waals surface area contributed by atoms with E-state index in [1.165, 1.54) is 52.1 Å². The third kappa shape index (κ3) is 5.18. The van der Waals surface area contributed by atoms with Gasteiger partial charge in [0.2, 0.25) is 0 Å². The van der Waals surface area contributed by atoms with Crippen molar-refractivity contribution >= 4 is 0 Å². The average molecular weight is 159 g/mol. The van der Waals surface area contributed by atoms with Crippen LogP contribution in [0.25, 0.3) is 0 Å². The van der Waals surface area contributed by atoms with E-state index in [0.717, 1.165) is 0 Å². The molecule has 3 heteroatoms. The van der Waals surface area contributed by atoms with Gasteiger partial charge in [-0.25, -0.2) is 0 Å². The van der Waals surface area contributed by atoms with Gasteiger partial charge in [0.25, 0.3) is 0 Å². The highest BCUT2D eigenvalue weighted by Gasteiger charge is 1.97. The highest BCUT2D eigenvalue weighted by Crippen LogP contribution is 1.82. The lowest BCUT2D eigenvalue weighted by Crippen LogP contribution is -2.89. The summed E-state index contributed by atoms with van der Waals surface area (Å²) in [6.45, 7) is 7.67. The lowest BCUT2D eigenvalue weighted by Gasteiger charge is -2.07. The van der Waals surface area contributed by atoms with E-state index >= 15 is 0 Å². The zero-order valence-corrected chi connectivity index (χ0v) is 7.31. The van der Waals surface area contributed by atoms with Crippen molar-refractivity contribution in [3.05, 3.63) is 0 Å². The van der Waals surface area contributed by atoms with Gasteiger partial charge < -0.3 is 16.0 Å². The van der Waals surface area contributed by atoms with Crippen LogP contribution < -0.4 is 16.0 Å². The van der Waals surface area contributed by atoms with Crippen molar-refractivity contribution in [2.24, 2.45) is 0 Å². The predicted molar refractivity (Wildman–Crippen MR) is 45.4 cm³/mol. The molecule has 0 unspecified atom stereocenters. The molecule has 0 aliphatic carbocycles. The summed E-state index contributed by atoms with van der Waals surface area (Å²) in [5.41, 5.74) is 0. The maximum absolute atomic E-state index is 3.25. The lowest BCUT2D eigenvalue weighted by atomic mass is 10.4. The number of hydrogen-bond acceptors (Lipinski definition) is 1. The van der Waals surface area contributed by atoms with Crippen LogP contribution in [0, 0.1) is 0 Å². The van der Waals surface area contributed by atoms with E-state index < -0.39 is 0 Å². The second-order valence-electron chi connectivity index (χ2n) is 3.19. The molecule has 2 fully saturated rings. The molecule has 5 N–H and O–H groups in total. The molecule has 2 saturated heterocycles. The van der Waals surface area contributed by atoms with Crippen molar-refractivity contribution in [3.63, 3.8) is 0 Å². The molecular formula is C8H21N3+2. The molecule has 0 aromatic carbocycles. The lowest BCUT2D eigenvalue weighted by molar-refractivity contribution is -0.657. The smallest absolute Gasteiger partial charge is 0.0882 e. The third-order valence-corrected chi connectivity index (χ3v) is 2.12. The minimum Gasteiger partial charge on any atom is -0.346 e. The minimum absolute atomic E-state index is 1.19. The number of quaternary nitrogens is 2. The topological polar surface area (TPSA) is 45.2 Å². The standard InChI is InChI=1S/C4H10N2.C4H9N/c1-2-6-4-3-5-1;1-2-4-5-3-1/h5-6H,1-4H2;5H,1-4H2/p+2. The SMILES string of the molecule is C1CC[NH2+]C1.C1C[NH2+]CCN1. The van der Waals surface area contributed by atoms with Gasteiger partial charge in [-0.05, 0) is 0 Å². The van der Waals surface area contributed by atoms with E-state index in [9.17, 15) is 0 Å². The van der Waals surface area contributed by atoms with Crippen LogP contribution in [-0.2, 0) is 0 Å². The molecule has 2 heterocycles. The Morgan fingerprint density at radius 1 is 0.727 bits per heavy atom. The quantitative estimate of drug-likeness (QED) is 0.359. The summed E-state index contributed by atoms with van der Waals surface area (Å²) in [6, 6.07) is 0. The molecule has 2 rings (SSSR count). The fourth-order valence-corrected chi connectivity index (χ4v) is 1.40. The maximum atomic E-state index is 3.25. The first-order valence-electron chi connectivity index (χ1n) is 4.84. The van der Waals surface area contributed by atoms with Crippen LogP contribution in [0.15, 0.2) is 0 Å². The van der Waals surface area contributed by atoms with E-state index in [1.807, 2.05) is 0 Å². The summed E-state index contributed by atoms with van der Waals surface area (Å²) < 4.78 is 0. The summed E-state index contributed by atoms with van der Waals surface area (Å²) in [5, 5.41) is 7.94. The van der Waals surface area contributed by atoms with E-state index in [4.69, 9.17) is 0 Å². The molecular weight excluding hydrogens is 138 g/mol. The Morgan fingerprint density at radius 3 is 1.45 bits per heavy atom. The molecule has 66 valence electrons. The summed E-state index contributed by atoms with van der Waals surface area (Å²) >= 11 is 0. The second kappa shape index (κ2) is 6.58. The molecule has 2 aliphatic rings. The van der Waals surface area contributed by atoms with Gasteiger partial charge in [0.15, 0.2) is 0 Å². The Labute approximate surface area is 68.9 Å². The first kappa shape index (κ1) is 8.97. The van der Waals surface area contributed by atoms with Gasteiger partial charge in [0.05, 0.1) is 26.2 Å². The molecule has 0 atom stereocenters. The second-order valence-corrected chi connectivity index (χ2v) is 3.19. The van der Waals surface area contributed by atoms with Crippen molar-refractivity contribution < 1.29 is 10.6 Å². The predicted octanol–water partition coefficient (Wildman–Crippen LogP) is -2.50. The van der Waals surface area contributed by atoms with Crippen molar-refractivity contribution in [1.82, 2.24) is 5.32 Å². The molecule has 3 nitrogen and oxygen atoms in total. The molecule has 0 spiro atoms. The van der Waals surface area contributed by atoms with E-state index in [-0.39, 0.29) is 0 Å². The fraction of sp³-hybridized carbons (Fsp3) is 1.00. The zero-order valence-electron chi connectivity index (χ0n) is 7.31. The van der Waals surface area contributed by atoms with Crippen LogP contribution in [0.1, 0.15) is 12.8 Å². The molecule has 0 aromatic rings. The van der Waals surface area contributed by atoms with Crippen molar-refractivity contribution in [2.45, 2.75) is 12.8 Å². The highest BCUT2D eigenvalue weighted by atomic mass is 15.0. The first-order chi connectivity index (χ1) is 5.50. The van der Waals surface area contributed by atoms with Gasteiger partial charge in [-0.1, -0.05) is 0 Å². The summed E-state index contributed by atoms with van der Waals surface area (Å²) in [7, 11) is 0. The van der Waals surface area contributed by atoms with E-state index in [2.05, 4.69) is 16.0 Å². The van der Waals surface area contributed by atoms with Crippen LogP contribution in [0.3, 0.4) is 0 Å².